The molecule has 0 saturated carbocycles. The Morgan fingerprint density at radius 1 is 1.37 bits per heavy atom. The van der Waals surface area contributed by atoms with Crippen LogP contribution in [0.15, 0.2) is 24.3 Å². The number of likely N-dealkylation sites (tertiary alicyclic amines) is 2. The van der Waals surface area contributed by atoms with Crippen molar-refractivity contribution in [1.29, 1.82) is 5.26 Å². The molecule has 6 heteroatoms. The number of nitriles is 1. The fraction of sp³-hybridized carbons (Fsp3) is 0.619. The van der Waals surface area contributed by atoms with E-state index in [-0.39, 0.29) is 17.9 Å². The molecule has 0 bridgehead atoms. The first kappa shape index (κ1) is 19.8. The van der Waals surface area contributed by atoms with Crippen LogP contribution in [0.25, 0.3) is 0 Å². The van der Waals surface area contributed by atoms with Crippen molar-refractivity contribution < 1.29 is 14.6 Å². The van der Waals surface area contributed by atoms with Gasteiger partial charge in [-0.3, -0.25) is 9.69 Å². The molecule has 6 nitrogen and oxygen atoms in total. The topological polar surface area (TPSA) is 76.8 Å². The number of aliphatic hydroxyl groups is 1. The number of hydrogen-bond acceptors (Lipinski definition) is 5. The molecule has 2 saturated heterocycles. The molecule has 2 aliphatic rings. The molecule has 0 aliphatic carbocycles. The first-order chi connectivity index (χ1) is 13.1. The maximum atomic E-state index is 12.4. The van der Waals surface area contributed by atoms with Gasteiger partial charge in [-0.15, -0.1) is 0 Å². The van der Waals surface area contributed by atoms with E-state index in [0.717, 1.165) is 38.0 Å². The normalized spacial score (nSPS) is 26.1. The van der Waals surface area contributed by atoms with Crippen molar-refractivity contribution in [1.82, 2.24) is 9.80 Å². The predicted molar refractivity (Wildman–Crippen MR) is 102 cm³/mol. The molecule has 1 aromatic carbocycles. The first-order valence-electron chi connectivity index (χ1n) is 9.82. The van der Waals surface area contributed by atoms with Crippen LogP contribution in [-0.4, -0.2) is 66.3 Å². The van der Waals surface area contributed by atoms with Gasteiger partial charge < -0.3 is 14.7 Å². The van der Waals surface area contributed by atoms with Crippen molar-refractivity contribution >= 4 is 5.91 Å². The Bertz CT molecular complexity index is 702. The second kappa shape index (κ2) is 8.83. The number of hydrogen-bond donors (Lipinski definition) is 1. The Balaban J connectivity index is 1.70. The van der Waals surface area contributed by atoms with Crippen molar-refractivity contribution in [3.05, 3.63) is 35.4 Å². The smallest absolute Gasteiger partial charge is 0.248 e. The zero-order valence-electron chi connectivity index (χ0n) is 16.1. The lowest BCUT2D eigenvalue weighted by Gasteiger charge is -2.51. The number of carbonyl (C=O) groups is 1. The number of benzene rings is 1. The number of ether oxygens (including phenoxy) is 1. The van der Waals surface area contributed by atoms with E-state index < -0.39 is 6.10 Å². The summed E-state index contributed by atoms with van der Waals surface area (Å²) in [6.45, 7) is 6.08. The molecule has 3 rings (SSSR count). The third kappa shape index (κ3) is 4.49. The van der Waals surface area contributed by atoms with Gasteiger partial charge in [0.2, 0.25) is 5.91 Å². The van der Waals surface area contributed by atoms with Gasteiger partial charge in [-0.25, -0.2) is 0 Å². The predicted octanol–water partition coefficient (Wildman–Crippen LogP) is 1.77. The van der Waals surface area contributed by atoms with Crippen molar-refractivity contribution in [2.24, 2.45) is 5.41 Å². The monoisotopic (exact) mass is 371 g/mol. The van der Waals surface area contributed by atoms with Gasteiger partial charge in [-0.05, 0) is 37.8 Å². The molecule has 0 aromatic heterocycles. The summed E-state index contributed by atoms with van der Waals surface area (Å²) in [6.07, 6.45) is 2.12. The maximum absolute atomic E-state index is 12.4. The Morgan fingerprint density at radius 3 is 2.96 bits per heavy atom. The van der Waals surface area contributed by atoms with Gasteiger partial charge in [0.15, 0.2) is 0 Å². The van der Waals surface area contributed by atoms with Crippen LogP contribution in [0.1, 0.15) is 37.3 Å². The van der Waals surface area contributed by atoms with Crippen LogP contribution < -0.4 is 0 Å². The van der Waals surface area contributed by atoms with Crippen LogP contribution >= 0.6 is 0 Å². The highest BCUT2D eigenvalue weighted by Crippen LogP contribution is 2.39. The summed E-state index contributed by atoms with van der Waals surface area (Å²) < 4.78 is 5.28. The van der Waals surface area contributed by atoms with Gasteiger partial charge in [0.05, 0.1) is 17.7 Å². The average Bonchev–Trinajstić information content (AvgIpc) is 2.69. The summed E-state index contributed by atoms with van der Waals surface area (Å²) in [7, 11) is 0. The summed E-state index contributed by atoms with van der Waals surface area (Å²) >= 11 is 0. The van der Waals surface area contributed by atoms with Crippen LogP contribution in [0.3, 0.4) is 0 Å². The number of carbonyl (C=O) groups excluding carboxylic acids is 1. The summed E-state index contributed by atoms with van der Waals surface area (Å²) in [5.74, 6) is 0.00933. The minimum Gasteiger partial charge on any atom is -0.392 e. The molecule has 1 aromatic rings. The molecule has 0 radical (unpaired) electrons. The highest BCUT2D eigenvalue weighted by atomic mass is 16.5. The zero-order chi connectivity index (χ0) is 19.3. The lowest BCUT2D eigenvalue weighted by atomic mass is 9.71. The van der Waals surface area contributed by atoms with E-state index in [2.05, 4.69) is 11.0 Å². The Kier molecular flexibility index (Phi) is 6.48. The van der Waals surface area contributed by atoms with Crippen LogP contribution in [-0.2, 0) is 16.1 Å². The van der Waals surface area contributed by atoms with E-state index in [4.69, 9.17) is 4.74 Å². The van der Waals surface area contributed by atoms with Gasteiger partial charge >= 0.3 is 0 Å². The van der Waals surface area contributed by atoms with Crippen molar-refractivity contribution in [2.75, 3.05) is 39.4 Å². The average molecular weight is 371 g/mol. The minimum atomic E-state index is -0.400. The Morgan fingerprint density at radius 2 is 2.19 bits per heavy atom. The number of nitrogens with zero attached hydrogens (tertiary/aromatic N) is 3. The Hall–Kier alpha value is -1.94. The zero-order valence-corrected chi connectivity index (χ0v) is 16.1. The van der Waals surface area contributed by atoms with E-state index in [9.17, 15) is 15.2 Å². The summed E-state index contributed by atoms with van der Waals surface area (Å²) in [5.41, 5.74) is 1.43. The third-order valence-electron chi connectivity index (χ3n) is 5.89. The molecule has 2 atom stereocenters. The van der Waals surface area contributed by atoms with Crippen LogP contribution in [0.4, 0.5) is 0 Å². The first-order valence-corrected chi connectivity index (χ1v) is 9.82. The fourth-order valence-electron chi connectivity index (χ4n) is 4.44. The van der Waals surface area contributed by atoms with Crippen LogP contribution in [0, 0.1) is 16.7 Å². The second-order valence-corrected chi connectivity index (χ2v) is 7.70. The van der Waals surface area contributed by atoms with Gasteiger partial charge in [0.25, 0.3) is 0 Å². The third-order valence-corrected chi connectivity index (χ3v) is 5.89. The molecule has 146 valence electrons. The number of aliphatic hydroxyl groups excluding tert-OH is 1. The number of piperidine rings is 2. The fourth-order valence-corrected chi connectivity index (χ4v) is 4.44. The second-order valence-electron chi connectivity index (χ2n) is 7.70. The minimum absolute atomic E-state index is 0.00933. The van der Waals surface area contributed by atoms with Crippen LogP contribution in [0.2, 0.25) is 0 Å². The number of rotatable bonds is 5. The van der Waals surface area contributed by atoms with Gasteiger partial charge in [-0.2, -0.15) is 5.26 Å². The van der Waals surface area contributed by atoms with E-state index >= 15 is 0 Å². The Labute approximate surface area is 161 Å². The van der Waals surface area contributed by atoms with E-state index in [1.807, 2.05) is 36.1 Å². The maximum Gasteiger partial charge on any atom is 0.248 e. The van der Waals surface area contributed by atoms with E-state index in [1.54, 1.807) is 0 Å². The highest BCUT2D eigenvalue weighted by Gasteiger charge is 2.46. The quantitative estimate of drug-likeness (QED) is 0.854. The molecule has 1 amide bonds. The molecule has 2 heterocycles. The van der Waals surface area contributed by atoms with E-state index in [1.165, 1.54) is 0 Å². The van der Waals surface area contributed by atoms with Gasteiger partial charge in [0.1, 0.15) is 6.61 Å². The SMILES string of the molecule is CCOCC(=O)N1CCC[C@@]2(CN(Cc3ccccc3C#N)CC[C@H]2O)C1. The van der Waals surface area contributed by atoms with Crippen molar-refractivity contribution in [3.8, 4) is 6.07 Å². The molecule has 1 spiro atoms. The van der Waals surface area contributed by atoms with Crippen LogP contribution in [0.5, 0.6) is 0 Å². The summed E-state index contributed by atoms with van der Waals surface area (Å²) in [5, 5.41) is 20.1. The lowest BCUT2D eigenvalue weighted by Crippen LogP contribution is -2.59. The molecule has 1 N–H and O–H groups in total. The lowest BCUT2D eigenvalue weighted by molar-refractivity contribution is -0.146. The number of amides is 1. The van der Waals surface area contributed by atoms with Gasteiger partial charge in [0, 0.05) is 44.7 Å². The standard InChI is InChI=1S/C21H29N3O3/c1-2-27-14-20(26)24-10-5-9-21(16-24)15-23(11-8-19(21)25)13-18-7-4-3-6-17(18)12-22/h3-4,6-7,19,25H,2,5,8-11,13-16H2,1H3/t19-,21-/m1/s1. The summed E-state index contributed by atoms with van der Waals surface area (Å²) in [4.78, 5) is 16.6. The summed E-state index contributed by atoms with van der Waals surface area (Å²) in [6, 6.07) is 9.94. The van der Waals surface area contributed by atoms with Gasteiger partial charge in [-0.1, -0.05) is 18.2 Å². The molecule has 27 heavy (non-hydrogen) atoms. The van der Waals surface area contributed by atoms with E-state index in [0.29, 0.717) is 31.7 Å². The molecule has 2 aliphatic heterocycles. The molecule has 0 unspecified atom stereocenters. The largest absolute Gasteiger partial charge is 0.392 e. The van der Waals surface area contributed by atoms with Crippen molar-refractivity contribution in [3.63, 3.8) is 0 Å². The van der Waals surface area contributed by atoms with Crippen molar-refractivity contribution in [2.45, 2.75) is 38.8 Å². The molecular formula is C21H29N3O3. The highest BCUT2D eigenvalue weighted by molar-refractivity contribution is 5.77. The molecular weight excluding hydrogens is 342 g/mol. The molecule has 2 fully saturated rings.